The van der Waals surface area contributed by atoms with Crippen LogP contribution in [0.4, 0.5) is 0 Å². The van der Waals surface area contributed by atoms with Crippen molar-refractivity contribution in [3.8, 4) is 0 Å². The van der Waals surface area contributed by atoms with Crippen molar-refractivity contribution in [2.45, 2.75) is 37.9 Å². The molecule has 0 aromatic rings. The molecular weight excluding hydrogens is 192 g/mol. The van der Waals surface area contributed by atoms with Crippen molar-refractivity contribution in [1.82, 2.24) is 0 Å². The van der Waals surface area contributed by atoms with Crippen molar-refractivity contribution in [2.24, 2.45) is 17.8 Å². The number of rotatable bonds is 3. The summed E-state index contributed by atoms with van der Waals surface area (Å²) in [6, 6.07) is 0. The topological polar surface area (TPSA) is 38.7 Å². The Morgan fingerprint density at radius 1 is 1.20 bits per heavy atom. The Labute approximate surface area is 90.8 Å². The fraction of sp³-hybridized carbons (Fsp3) is 1.00. The SMILES string of the molecule is OCCC[C@H]1C[C@@H]2C[C@H]1CC21OCCO1. The fourth-order valence-electron chi connectivity index (χ4n) is 3.88. The summed E-state index contributed by atoms with van der Waals surface area (Å²) in [6.07, 6.45) is 5.80. The van der Waals surface area contributed by atoms with Gasteiger partial charge < -0.3 is 14.6 Å². The zero-order valence-corrected chi connectivity index (χ0v) is 9.15. The highest BCUT2D eigenvalue weighted by Gasteiger charge is 2.57. The Kier molecular flexibility index (Phi) is 2.49. The molecule has 1 N–H and O–H groups in total. The second-order valence-corrected chi connectivity index (χ2v) is 5.27. The molecule has 1 aliphatic heterocycles. The molecule has 2 aliphatic carbocycles. The van der Waals surface area contributed by atoms with E-state index in [2.05, 4.69) is 0 Å². The van der Waals surface area contributed by atoms with E-state index in [4.69, 9.17) is 14.6 Å². The molecule has 0 radical (unpaired) electrons. The molecule has 0 unspecified atom stereocenters. The third-order valence-electron chi connectivity index (χ3n) is 4.52. The summed E-state index contributed by atoms with van der Waals surface area (Å²) in [4.78, 5) is 0. The van der Waals surface area contributed by atoms with Gasteiger partial charge in [-0.3, -0.25) is 0 Å². The maximum Gasteiger partial charge on any atom is 0.171 e. The van der Waals surface area contributed by atoms with Gasteiger partial charge in [0.1, 0.15) is 0 Å². The van der Waals surface area contributed by atoms with Gasteiger partial charge in [-0.25, -0.2) is 0 Å². The molecule has 3 rings (SSSR count). The van der Waals surface area contributed by atoms with Crippen molar-refractivity contribution in [3.05, 3.63) is 0 Å². The lowest BCUT2D eigenvalue weighted by molar-refractivity contribution is -0.195. The number of fused-ring (bicyclic) bond motifs is 3. The molecule has 15 heavy (non-hydrogen) atoms. The highest BCUT2D eigenvalue weighted by atomic mass is 16.7. The summed E-state index contributed by atoms with van der Waals surface area (Å²) in [5.74, 6) is 2.06. The van der Waals surface area contributed by atoms with Crippen LogP contribution in [0, 0.1) is 17.8 Å². The molecule has 3 nitrogen and oxygen atoms in total. The van der Waals surface area contributed by atoms with Crippen molar-refractivity contribution >= 4 is 0 Å². The molecule has 2 bridgehead atoms. The first-order valence-corrected chi connectivity index (χ1v) is 6.23. The van der Waals surface area contributed by atoms with Gasteiger partial charge in [-0.1, -0.05) is 0 Å². The third-order valence-corrected chi connectivity index (χ3v) is 4.52. The molecule has 3 fully saturated rings. The molecule has 0 amide bonds. The average Bonchev–Trinajstić information content (AvgIpc) is 2.91. The Morgan fingerprint density at radius 2 is 2.00 bits per heavy atom. The standard InChI is InChI=1S/C12H20O3/c13-3-1-2-9-6-11-7-10(9)8-12(11)14-4-5-15-12/h9-11,13H,1-8H2/t9-,10-,11+/m0/s1. The highest BCUT2D eigenvalue weighted by molar-refractivity contribution is 5.02. The van der Waals surface area contributed by atoms with Crippen LogP contribution in [0.2, 0.25) is 0 Å². The zero-order valence-electron chi connectivity index (χ0n) is 9.15. The predicted octanol–water partition coefficient (Wildman–Crippen LogP) is 1.55. The molecule has 1 heterocycles. The van der Waals surface area contributed by atoms with E-state index in [1.165, 1.54) is 19.3 Å². The van der Waals surface area contributed by atoms with Crippen molar-refractivity contribution < 1.29 is 14.6 Å². The lowest BCUT2D eigenvalue weighted by atomic mass is 9.82. The lowest BCUT2D eigenvalue weighted by Crippen LogP contribution is -2.38. The lowest BCUT2D eigenvalue weighted by Gasteiger charge is -2.35. The molecule has 3 heteroatoms. The van der Waals surface area contributed by atoms with E-state index in [1.54, 1.807) is 0 Å². The van der Waals surface area contributed by atoms with Gasteiger partial charge in [0, 0.05) is 18.9 Å². The van der Waals surface area contributed by atoms with Gasteiger partial charge in [0.25, 0.3) is 0 Å². The van der Waals surface area contributed by atoms with Crippen LogP contribution in [0.3, 0.4) is 0 Å². The molecule has 1 spiro atoms. The average molecular weight is 212 g/mol. The first-order chi connectivity index (χ1) is 7.34. The Bertz CT molecular complexity index is 235. The Morgan fingerprint density at radius 3 is 2.60 bits per heavy atom. The number of hydrogen-bond donors (Lipinski definition) is 1. The van der Waals surface area contributed by atoms with Gasteiger partial charge in [0.2, 0.25) is 0 Å². The van der Waals surface area contributed by atoms with E-state index >= 15 is 0 Å². The molecule has 3 atom stereocenters. The number of aliphatic hydroxyl groups excluding tert-OH is 1. The maximum absolute atomic E-state index is 8.85. The van der Waals surface area contributed by atoms with E-state index in [-0.39, 0.29) is 5.79 Å². The summed E-state index contributed by atoms with van der Waals surface area (Å²) in [5.41, 5.74) is 0. The minimum absolute atomic E-state index is 0.180. The highest BCUT2D eigenvalue weighted by Crippen LogP contribution is 2.57. The van der Waals surface area contributed by atoms with Crippen molar-refractivity contribution in [3.63, 3.8) is 0 Å². The minimum Gasteiger partial charge on any atom is -0.396 e. The smallest absolute Gasteiger partial charge is 0.171 e. The van der Waals surface area contributed by atoms with E-state index in [1.807, 2.05) is 0 Å². The van der Waals surface area contributed by atoms with Crippen LogP contribution in [0.1, 0.15) is 32.1 Å². The summed E-state index contributed by atoms with van der Waals surface area (Å²) in [5, 5.41) is 8.85. The molecule has 2 saturated carbocycles. The van der Waals surface area contributed by atoms with Gasteiger partial charge >= 0.3 is 0 Å². The first-order valence-electron chi connectivity index (χ1n) is 6.23. The summed E-state index contributed by atoms with van der Waals surface area (Å²) >= 11 is 0. The van der Waals surface area contributed by atoms with Gasteiger partial charge in [-0.05, 0) is 37.5 Å². The quantitative estimate of drug-likeness (QED) is 0.771. The number of aliphatic hydroxyl groups is 1. The number of hydrogen-bond acceptors (Lipinski definition) is 3. The molecule has 0 aromatic heterocycles. The van der Waals surface area contributed by atoms with Crippen LogP contribution in [-0.4, -0.2) is 30.7 Å². The Balaban J connectivity index is 1.62. The van der Waals surface area contributed by atoms with Crippen molar-refractivity contribution in [1.29, 1.82) is 0 Å². The van der Waals surface area contributed by atoms with Gasteiger partial charge in [-0.2, -0.15) is 0 Å². The molecular formula is C12H20O3. The number of ether oxygens (including phenoxy) is 2. The van der Waals surface area contributed by atoms with Crippen LogP contribution in [0.5, 0.6) is 0 Å². The van der Waals surface area contributed by atoms with Crippen LogP contribution >= 0.6 is 0 Å². The fourth-order valence-corrected chi connectivity index (χ4v) is 3.88. The molecule has 0 aromatic carbocycles. The predicted molar refractivity (Wildman–Crippen MR) is 55.3 cm³/mol. The van der Waals surface area contributed by atoms with Crippen molar-refractivity contribution in [2.75, 3.05) is 19.8 Å². The summed E-state index contributed by atoms with van der Waals surface area (Å²) in [7, 11) is 0. The largest absolute Gasteiger partial charge is 0.396 e. The third kappa shape index (κ3) is 1.52. The summed E-state index contributed by atoms with van der Waals surface area (Å²) in [6.45, 7) is 1.90. The zero-order chi connectivity index (χ0) is 10.3. The Hall–Kier alpha value is -0.120. The normalized spacial score (nSPS) is 41.8. The molecule has 3 aliphatic rings. The van der Waals surface area contributed by atoms with Gasteiger partial charge in [-0.15, -0.1) is 0 Å². The van der Waals surface area contributed by atoms with Gasteiger partial charge in [0.15, 0.2) is 5.79 Å². The first kappa shape index (κ1) is 10.1. The molecule has 86 valence electrons. The van der Waals surface area contributed by atoms with Gasteiger partial charge in [0.05, 0.1) is 13.2 Å². The second-order valence-electron chi connectivity index (χ2n) is 5.27. The van der Waals surface area contributed by atoms with Crippen LogP contribution in [0.25, 0.3) is 0 Å². The minimum atomic E-state index is -0.180. The molecule has 1 saturated heterocycles. The van der Waals surface area contributed by atoms with Crippen LogP contribution in [0.15, 0.2) is 0 Å². The maximum atomic E-state index is 8.85. The van der Waals surface area contributed by atoms with Crippen LogP contribution < -0.4 is 0 Å². The van der Waals surface area contributed by atoms with E-state index in [9.17, 15) is 0 Å². The monoisotopic (exact) mass is 212 g/mol. The summed E-state index contributed by atoms with van der Waals surface area (Å²) < 4.78 is 11.6. The van der Waals surface area contributed by atoms with E-state index in [0.29, 0.717) is 12.5 Å². The van der Waals surface area contributed by atoms with E-state index in [0.717, 1.165) is 37.9 Å². The van der Waals surface area contributed by atoms with E-state index < -0.39 is 0 Å². The second kappa shape index (κ2) is 3.72. The van der Waals surface area contributed by atoms with Crippen LogP contribution in [-0.2, 0) is 9.47 Å².